The zero-order chi connectivity index (χ0) is 23.6. The van der Waals surface area contributed by atoms with Crippen LogP contribution in [0.3, 0.4) is 0 Å². The molecule has 0 aliphatic rings. The Labute approximate surface area is 174 Å². The summed E-state index contributed by atoms with van der Waals surface area (Å²) in [5, 5.41) is 17.6. The minimum Gasteiger partial charge on any atom is -0.481 e. The van der Waals surface area contributed by atoms with Gasteiger partial charge in [-0.15, -0.1) is 0 Å². The number of carbonyl (C=O) groups excluding carboxylic acids is 2. The zero-order valence-electron chi connectivity index (χ0n) is 17.5. The van der Waals surface area contributed by atoms with Crippen molar-refractivity contribution in [2.24, 2.45) is 22.4 Å². The van der Waals surface area contributed by atoms with Crippen LogP contribution >= 0.6 is 0 Å². The Morgan fingerprint density at radius 3 is 2.30 bits per heavy atom. The molecule has 0 radical (unpaired) electrons. The topological polar surface area (TPSA) is 197 Å². The summed E-state index contributed by atoms with van der Waals surface area (Å²) < 4.78 is 6.63. The number of benzene rings is 1. The molecule has 1 rings (SSSR count). The Bertz CT molecular complexity index is 865. The van der Waals surface area contributed by atoms with Crippen molar-refractivity contribution in [2.75, 3.05) is 0 Å². The molecule has 0 aromatic heterocycles. The highest BCUT2D eigenvalue weighted by Gasteiger charge is 2.29. The number of hydrogen-bond donors (Lipinski definition) is 6. The highest BCUT2D eigenvalue weighted by molar-refractivity contribution is 5.97. The molecule has 0 heterocycles. The second-order valence-corrected chi connectivity index (χ2v) is 6.67. The maximum atomic E-state index is 12.4. The molecular weight excluding hydrogens is 394 g/mol. The predicted octanol–water partition coefficient (Wildman–Crippen LogP) is -0.210. The molecule has 8 N–H and O–H groups in total. The summed E-state index contributed by atoms with van der Waals surface area (Å²) in [5.74, 6) is -4.49. The highest BCUT2D eigenvalue weighted by atomic mass is 16.4. The van der Waals surface area contributed by atoms with E-state index in [2.05, 4.69) is 20.7 Å². The zero-order valence-corrected chi connectivity index (χ0v) is 16.5. The van der Waals surface area contributed by atoms with Crippen LogP contribution in [0.1, 0.15) is 25.8 Å². The van der Waals surface area contributed by atoms with Crippen LogP contribution in [0.15, 0.2) is 35.3 Å². The van der Waals surface area contributed by atoms with Gasteiger partial charge in [0, 0.05) is 6.08 Å². The van der Waals surface area contributed by atoms with Gasteiger partial charge < -0.3 is 32.3 Å². The van der Waals surface area contributed by atoms with Gasteiger partial charge >= 0.3 is 11.9 Å². The molecule has 11 nitrogen and oxygen atoms in total. The number of nitrogens with one attached hydrogen (secondary N) is 2. The van der Waals surface area contributed by atoms with E-state index in [-0.39, 0.29) is 5.96 Å². The van der Waals surface area contributed by atoms with Crippen LogP contribution in [0.5, 0.6) is 0 Å². The number of carboxylic acid groups (broad SMARTS) is 2. The van der Waals surface area contributed by atoms with Gasteiger partial charge in [-0.2, -0.15) is 0 Å². The molecule has 0 saturated carbocycles. The van der Waals surface area contributed by atoms with Crippen molar-refractivity contribution in [3.8, 4) is 0 Å². The van der Waals surface area contributed by atoms with Gasteiger partial charge in [0.1, 0.15) is 12.1 Å². The number of rotatable bonds is 10. The first-order valence-corrected chi connectivity index (χ1v) is 8.91. The molecule has 0 aliphatic carbocycles. The Kier molecular flexibility index (Phi) is 8.36. The molecule has 0 aliphatic heterocycles. The van der Waals surface area contributed by atoms with Crippen LogP contribution in [0.2, 0.25) is 0 Å². The first kappa shape index (κ1) is 22.4. The largest absolute Gasteiger partial charge is 0.481 e. The Hall–Kier alpha value is -3.89. The van der Waals surface area contributed by atoms with Crippen molar-refractivity contribution in [1.29, 1.82) is 1.43 Å². The van der Waals surface area contributed by atoms with Gasteiger partial charge in [-0.3, -0.25) is 14.4 Å². The van der Waals surface area contributed by atoms with E-state index in [1.54, 1.807) is 38.1 Å². The standard InChI is InChI=1S/C19H25N5O6/c1-10(2)16(18(29)30)24-17(28)13(9-15(26)27)23-14(25)8-5-11-3-6-12(7-4-11)22-19(20)21/h3-8,10,13,16H,9H2,1-2H3,(H,23,25)(H,24,28)(H,26,27)(H,29,30)(H4,20,21,22)/t13-,16-/m0/s1/i/hD. The number of guanidine groups is 1. The van der Waals surface area contributed by atoms with Crippen molar-refractivity contribution in [2.45, 2.75) is 32.4 Å². The van der Waals surface area contributed by atoms with E-state index in [9.17, 15) is 24.3 Å². The second-order valence-electron chi connectivity index (χ2n) is 6.67. The molecule has 0 spiro atoms. The van der Waals surface area contributed by atoms with E-state index in [0.717, 1.165) is 6.08 Å². The Morgan fingerprint density at radius 1 is 1.17 bits per heavy atom. The average molecular weight is 420 g/mol. The number of aliphatic imine (C=N–C) groups is 1. The lowest BCUT2D eigenvalue weighted by atomic mass is 10.0. The van der Waals surface area contributed by atoms with Crippen LogP contribution in [0, 0.1) is 5.92 Å². The summed E-state index contributed by atoms with van der Waals surface area (Å²) in [7, 11) is 0. The molecule has 0 unspecified atom stereocenters. The lowest BCUT2D eigenvalue weighted by Crippen LogP contribution is -2.53. The fourth-order valence-electron chi connectivity index (χ4n) is 2.34. The van der Waals surface area contributed by atoms with Crippen LogP contribution in [-0.2, 0) is 19.2 Å². The van der Waals surface area contributed by atoms with Gasteiger partial charge in [0.25, 0.3) is 1.43 Å². The van der Waals surface area contributed by atoms with Crippen molar-refractivity contribution in [3.05, 3.63) is 35.9 Å². The second kappa shape index (κ2) is 11.2. The molecule has 0 saturated heterocycles. The molecule has 1 aromatic rings. The third-order valence-electron chi connectivity index (χ3n) is 3.81. The maximum absolute atomic E-state index is 12.4. The normalized spacial score (nSPS) is 13.1. The van der Waals surface area contributed by atoms with Crippen molar-refractivity contribution < 1.29 is 29.4 Å². The highest BCUT2D eigenvalue weighted by Crippen LogP contribution is 2.13. The minimum atomic E-state index is -1.43. The molecular formula is C19H25N5O6. The van der Waals surface area contributed by atoms with Crippen molar-refractivity contribution in [1.82, 2.24) is 10.6 Å². The molecule has 162 valence electrons. The van der Waals surface area contributed by atoms with E-state index >= 15 is 0 Å². The molecule has 2 atom stereocenters. The summed E-state index contributed by atoms with van der Waals surface area (Å²) in [6.45, 7) is 3.18. The minimum absolute atomic E-state index is 0.0965. The summed E-state index contributed by atoms with van der Waals surface area (Å²) in [6.07, 6.45) is 1.92. The van der Waals surface area contributed by atoms with Crippen LogP contribution < -0.4 is 22.1 Å². The Morgan fingerprint density at radius 2 is 1.80 bits per heavy atom. The maximum Gasteiger partial charge on any atom is 0.326 e. The number of hydrogen-bond acceptors (Lipinski definition) is 6. The SMILES string of the molecule is [2H]OC(=O)C[C@H](NC(=O)C=Cc1ccc(N=C(N)N)cc1)C(=O)N[C@H](C(=O)O)C(C)C. The molecule has 0 bridgehead atoms. The third kappa shape index (κ3) is 8.42. The van der Waals surface area contributed by atoms with Gasteiger partial charge in [-0.05, 0) is 29.7 Å². The molecule has 2 amide bonds. The lowest BCUT2D eigenvalue weighted by Gasteiger charge is -2.22. The molecule has 1 aromatic carbocycles. The number of nitrogens with two attached hydrogens (primary N) is 2. The number of amides is 2. The fraction of sp³-hybridized carbons (Fsp3) is 0.316. The number of carboxylic acids is 2. The summed E-state index contributed by atoms with van der Waals surface area (Å²) >= 11 is 0. The van der Waals surface area contributed by atoms with E-state index in [1.165, 1.54) is 6.08 Å². The smallest absolute Gasteiger partial charge is 0.326 e. The van der Waals surface area contributed by atoms with Gasteiger partial charge in [-0.25, -0.2) is 9.79 Å². The van der Waals surface area contributed by atoms with Gasteiger partial charge in [0.05, 0.1) is 12.1 Å². The van der Waals surface area contributed by atoms with Crippen LogP contribution in [-0.4, -0.2) is 52.0 Å². The molecule has 11 heteroatoms. The monoisotopic (exact) mass is 420 g/mol. The van der Waals surface area contributed by atoms with Crippen LogP contribution in [0.25, 0.3) is 7.51 Å². The number of nitrogens with zero attached hydrogens (tertiary/aromatic N) is 1. The summed E-state index contributed by atoms with van der Waals surface area (Å²) in [5.41, 5.74) is 11.7. The first-order chi connectivity index (χ1) is 14.5. The first-order valence-electron chi connectivity index (χ1n) is 9.31. The van der Waals surface area contributed by atoms with E-state index in [0.29, 0.717) is 11.3 Å². The van der Waals surface area contributed by atoms with Crippen molar-refractivity contribution >= 4 is 41.5 Å². The van der Waals surface area contributed by atoms with E-state index < -0.39 is 48.2 Å². The summed E-state index contributed by atoms with van der Waals surface area (Å²) in [6, 6.07) is 3.88. The Balaban J connectivity index is 2.88. The average Bonchev–Trinajstić information content (AvgIpc) is 2.69. The lowest BCUT2D eigenvalue weighted by molar-refractivity contribution is -0.144. The molecule has 0 fully saturated rings. The van der Waals surface area contributed by atoms with Crippen LogP contribution in [0.4, 0.5) is 5.69 Å². The van der Waals surface area contributed by atoms with E-state index in [4.69, 9.17) is 12.9 Å². The van der Waals surface area contributed by atoms with Gasteiger partial charge in [0.15, 0.2) is 5.96 Å². The van der Waals surface area contributed by atoms with E-state index in [1.807, 2.05) is 0 Å². The fourth-order valence-corrected chi connectivity index (χ4v) is 2.34. The predicted molar refractivity (Wildman–Crippen MR) is 110 cm³/mol. The number of aliphatic carboxylic acids is 2. The quantitative estimate of drug-likeness (QED) is 0.170. The summed E-state index contributed by atoms with van der Waals surface area (Å²) in [4.78, 5) is 51.2. The molecule has 30 heavy (non-hydrogen) atoms. The number of carbonyl (C=O) groups is 4. The van der Waals surface area contributed by atoms with Crippen molar-refractivity contribution in [3.63, 3.8) is 0 Å². The van der Waals surface area contributed by atoms with Gasteiger partial charge in [-0.1, -0.05) is 26.0 Å². The van der Waals surface area contributed by atoms with Gasteiger partial charge in [0.2, 0.25) is 11.8 Å². The third-order valence-corrected chi connectivity index (χ3v) is 3.81.